The van der Waals surface area contributed by atoms with E-state index in [4.69, 9.17) is 0 Å². The molecule has 0 N–H and O–H groups in total. The van der Waals surface area contributed by atoms with E-state index in [-0.39, 0.29) is 11.8 Å². The summed E-state index contributed by atoms with van der Waals surface area (Å²) in [6, 6.07) is 10.4. The standard InChI is InChI=1S/C17H24N2O/c1-18(2)17(20)16-10-13-19(14-11-16)12-6-9-15-7-4-3-5-8-15/h3-9,16H,10-14H2,1-2H3/b9-6+. The third-order valence-electron chi connectivity index (χ3n) is 3.85. The minimum absolute atomic E-state index is 0.222. The number of nitrogens with zero attached hydrogens (tertiary/aromatic N) is 2. The number of likely N-dealkylation sites (tertiary alicyclic amines) is 1. The van der Waals surface area contributed by atoms with Crippen molar-refractivity contribution in [2.24, 2.45) is 5.92 Å². The van der Waals surface area contributed by atoms with Crippen LogP contribution >= 0.6 is 0 Å². The normalized spacial score (nSPS) is 17.5. The maximum absolute atomic E-state index is 11.9. The average molecular weight is 272 g/mol. The minimum atomic E-state index is 0.222. The average Bonchev–Trinajstić information content (AvgIpc) is 2.48. The fourth-order valence-corrected chi connectivity index (χ4v) is 2.63. The largest absolute Gasteiger partial charge is 0.349 e. The highest BCUT2D eigenvalue weighted by Gasteiger charge is 2.25. The lowest BCUT2D eigenvalue weighted by Gasteiger charge is -2.31. The number of carbonyl (C=O) groups is 1. The predicted molar refractivity (Wildman–Crippen MR) is 83.3 cm³/mol. The van der Waals surface area contributed by atoms with Gasteiger partial charge in [0, 0.05) is 26.6 Å². The van der Waals surface area contributed by atoms with Crippen LogP contribution in [0.3, 0.4) is 0 Å². The molecule has 0 spiro atoms. The zero-order valence-corrected chi connectivity index (χ0v) is 12.5. The molecule has 108 valence electrons. The van der Waals surface area contributed by atoms with E-state index in [0.717, 1.165) is 32.5 Å². The highest BCUT2D eigenvalue weighted by atomic mass is 16.2. The van der Waals surface area contributed by atoms with Gasteiger partial charge in [0.15, 0.2) is 0 Å². The maximum Gasteiger partial charge on any atom is 0.225 e. The molecule has 3 nitrogen and oxygen atoms in total. The highest BCUT2D eigenvalue weighted by molar-refractivity contribution is 5.78. The van der Waals surface area contributed by atoms with Crippen molar-refractivity contribution >= 4 is 12.0 Å². The van der Waals surface area contributed by atoms with E-state index in [0.29, 0.717) is 0 Å². The van der Waals surface area contributed by atoms with Gasteiger partial charge in [-0.1, -0.05) is 42.5 Å². The van der Waals surface area contributed by atoms with Crippen LogP contribution in [0.1, 0.15) is 18.4 Å². The zero-order chi connectivity index (χ0) is 14.4. The minimum Gasteiger partial charge on any atom is -0.349 e. The Morgan fingerprint density at radius 3 is 2.50 bits per heavy atom. The van der Waals surface area contributed by atoms with Crippen LogP contribution in [0, 0.1) is 5.92 Å². The van der Waals surface area contributed by atoms with Gasteiger partial charge in [0.25, 0.3) is 0 Å². The molecule has 0 unspecified atom stereocenters. The van der Waals surface area contributed by atoms with Crippen LogP contribution in [0.2, 0.25) is 0 Å². The Labute approximate surface area is 121 Å². The fraction of sp³-hybridized carbons (Fsp3) is 0.471. The molecule has 1 heterocycles. The van der Waals surface area contributed by atoms with Gasteiger partial charge in [-0.3, -0.25) is 9.69 Å². The summed E-state index contributed by atoms with van der Waals surface area (Å²) in [4.78, 5) is 16.0. The van der Waals surface area contributed by atoms with Crippen molar-refractivity contribution in [1.29, 1.82) is 0 Å². The van der Waals surface area contributed by atoms with Gasteiger partial charge < -0.3 is 4.90 Å². The van der Waals surface area contributed by atoms with Crippen molar-refractivity contribution in [3.8, 4) is 0 Å². The molecule has 1 aromatic carbocycles. The molecular weight excluding hydrogens is 248 g/mol. The van der Waals surface area contributed by atoms with E-state index in [1.165, 1.54) is 5.56 Å². The lowest BCUT2D eigenvalue weighted by Crippen LogP contribution is -2.40. The van der Waals surface area contributed by atoms with Crippen molar-refractivity contribution in [2.75, 3.05) is 33.7 Å². The second kappa shape index (κ2) is 7.25. The molecule has 0 bridgehead atoms. The molecule has 3 heteroatoms. The Bertz CT molecular complexity index is 445. The Morgan fingerprint density at radius 2 is 1.90 bits per heavy atom. The van der Waals surface area contributed by atoms with Gasteiger partial charge in [-0.25, -0.2) is 0 Å². The van der Waals surface area contributed by atoms with Gasteiger partial charge in [-0.15, -0.1) is 0 Å². The predicted octanol–water partition coefficient (Wildman–Crippen LogP) is 2.50. The molecule has 20 heavy (non-hydrogen) atoms. The molecule has 1 aliphatic heterocycles. The number of rotatable bonds is 4. The smallest absolute Gasteiger partial charge is 0.225 e. The summed E-state index contributed by atoms with van der Waals surface area (Å²) in [7, 11) is 3.69. The van der Waals surface area contributed by atoms with Crippen LogP contribution in [0.15, 0.2) is 36.4 Å². The molecule has 0 aromatic heterocycles. The number of benzene rings is 1. The number of hydrogen-bond acceptors (Lipinski definition) is 2. The molecule has 0 atom stereocenters. The SMILES string of the molecule is CN(C)C(=O)C1CCN(C/C=C/c2ccccc2)CC1. The molecular formula is C17H24N2O. The van der Waals surface area contributed by atoms with Crippen molar-refractivity contribution in [3.05, 3.63) is 42.0 Å². The van der Waals surface area contributed by atoms with Gasteiger partial charge in [-0.2, -0.15) is 0 Å². The molecule has 1 amide bonds. The zero-order valence-electron chi connectivity index (χ0n) is 12.5. The van der Waals surface area contributed by atoms with E-state index >= 15 is 0 Å². The van der Waals surface area contributed by atoms with Gasteiger partial charge in [0.2, 0.25) is 5.91 Å². The lowest BCUT2D eigenvalue weighted by atomic mass is 9.95. The van der Waals surface area contributed by atoms with Gasteiger partial charge in [0.05, 0.1) is 0 Å². The summed E-state index contributed by atoms with van der Waals surface area (Å²) < 4.78 is 0. The summed E-state index contributed by atoms with van der Waals surface area (Å²) in [6.07, 6.45) is 6.34. The summed E-state index contributed by atoms with van der Waals surface area (Å²) in [5, 5.41) is 0. The first-order chi connectivity index (χ1) is 9.66. The molecule has 1 aliphatic rings. The Kier molecular flexibility index (Phi) is 5.36. The van der Waals surface area contributed by atoms with E-state index in [9.17, 15) is 4.79 Å². The summed E-state index contributed by atoms with van der Waals surface area (Å²) >= 11 is 0. The first-order valence-electron chi connectivity index (χ1n) is 7.32. The third kappa shape index (κ3) is 4.20. The van der Waals surface area contributed by atoms with Crippen LogP contribution in [-0.4, -0.2) is 49.4 Å². The molecule has 0 saturated carbocycles. The van der Waals surface area contributed by atoms with Crippen LogP contribution in [0.5, 0.6) is 0 Å². The molecule has 0 radical (unpaired) electrons. The monoisotopic (exact) mass is 272 g/mol. The van der Waals surface area contributed by atoms with Gasteiger partial charge in [-0.05, 0) is 31.5 Å². The number of amides is 1. The van der Waals surface area contributed by atoms with Gasteiger partial charge in [0.1, 0.15) is 0 Å². The number of hydrogen-bond donors (Lipinski definition) is 0. The van der Waals surface area contributed by atoms with Gasteiger partial charge >= 0.3 is 0 Å². The molecule has 2 rings (SSSR count). The van der Waals surface area contributed by atoms with E-state index in [1.54, 1.807) is 4.90 Å². The summed E-state index contributed by atoms with van der Waals surface area (Å²) in [5.74, 6) is 0.504. The van der Waals surface area contributed by atoms with Crippen molar-refractivity contribution in [1.82, 2.24) is 9.80 Å². The van der Waals surface area contributed by atoms with E-state index in [2.05, 4.69) is 41.3 Å². The van der Waals surface area contributed by atoms with Crippen molar-refractivity contribution in [2.45, 2.75) is 12.8 Å². The molecule has 0 aliphatic carbocycles. The highest BCUT2D eigenvalue weighted by Crippen LogP contribution is 2.18. The second-order valence-electron chi connectivity index (χ2n) is 5.62. The van der Waals surface area contributed by atoms with Crippen molar-refractivity contribution < 1.29 is 4.79 Å². The summed E-state index contributed by atoms with van der Waals surface area (Å²) in [5.41, 5.74) is 1.24. The van der Waals surface area contributed by atoms with E-state index < -0.39 is 0 Å². The number of piperidine rings is 1. The van der Waals surface area contributed by atoms with Crippen LogP contribution in [0.4, 0.5) is 0 Å². The van der Waals surface area contributed by atoms with Crippen LogP contribution in [-0.2, 0) is 4.79 Å². The Hall–Kier alpha value is -1.61. The second-order valence-corrected chi connectivity index (χ2v) is 5.62. The maximum atomic E-state index is 11.9. The quantitative estimate of drug-likeness (QED) is 0.841. The first-order valence-corrected chi connectivity index (χ1v) is 7.32. The lowest BCUT2D eigenvalue weighted by molar-refractivity contribution is -0.134. The Balaban J connectivity index is 1.75. The summed E-state index contributed by atoms with van der Waals surface area (Å²) in [6.45, 7) is 3.00. The fourth-order valence-electron chi connectivity index (χ4n) is 2.63. The first kappa shape index (κ1) is 14.8. The van der Waals surface area contributed by atoms with Crippen LogP contribution < -0.4 is 0 Å². The topological polar surface area (TPSA) is 23.6 Å². The molecule has 1 fully saturated rings. The molecule has 1 aromatic rings. The third-order valence-corrected chi connectivity index (χ3v) is 3.85. The molecule has 1 saturated heterocycles. The van der Waals surface area contributed by atoms with Crippen molar-refractivity contribution in [3.63, 3.8) is 0 Å². The van der Waals surface area contributed by atoms with Crippen LogP contribution in [0.25, 0.3) is 6.08 Å². The number of carbonyl (C=O) groups excluding carboxylic acids is 1. The van der Waals surface area contributed by atoms with E-state index in [1.807, 2.05) is 20.2 Å². The Morgan fingerprint density at radius 1 is 1.25 bits per heavy atom.